The van der Waals surface area contributed by atoms with Crippen molar-refractivity contribution in [3.05, 3.63) is 0 Å². The molecule has 0 aromatic carbocycles. The lowest BCUT2D eigenvalue weighted by atomic mass is 10.0. The van der Waals surface area contributed by atoms with Crippen LogP contribution in [0.1, 0.15) is 64.7 Å². The van der Waals surface area contributed by atoms with E-state index < -0.39 is 12.6 Å². The first-order valence-corrected chi connectivity index (χ1v) is 6.28. The van der Waals surface area contributed by atoms with Crippen LogP contribution in [0.25, 0.3) is 0 Å². The van der Waals surface area contributed by atoms with Crippen LogP contribution in [0.4, 0.5) is 13.2 Å². The first-order valence-electron chi connectivity index (χ1n) is 6.28. The number of unbranched alkanes of at least 4 members (excludes halogenated alkanes) is 4. The van der Waals surface area contributed by atoms with Gasteiger partial charge in [-0.3, -0.25) is 0 Å². The average Bonchev–Trinajstić information content (AvgIpc) is 2.15. The highest BCUT2D eigenvalue weighted by atomic mass is 19.4. The molecule has 1 nitrogen and oxygen atoms in total. The molecule has 0 amide bonds. The van der Waals surface area contributed by atoms with E-state index in [0.29, 0.717) is 6.42 Å². The summed E-state index contributed by atoms with van der Waals surface area (Å²) in [6.45, 7) is 2.16. The van der Waals surface area contributed by atoms with Crippen LogP contribution in [-0.2, 0) is 0 Å². The van der Waals surface area contributed by atoms with E-state index in [1.165, 1.54) is 19.3 Å². The predicted molar refractivity (Wildman–Crippen MR) is 61.3 cm³/mol. The van der Waals surface area contributed by atoms with Crippen LogP contribution < -0.4 is 5.73 Å². The van der Waals surface area contributed by atoms with Gasteiger partial charge < -0.3 is 5.73 Å². The summed E-state index contributed by atoms with van der Waals surface area (Å²) in [5.74, 6) is 0. The van der Waals surface area contributed by atoms with Gasteiger partial charge >= 0.3 is 6.18 Å². The van der Waals surface area contributed by atoms with E-state index in [1.807, 2.05) is 0 Å². The van der Waals surface area contributed by atoms with Crippen molar-refractivity contribution in [2.45, 2.75) is 76.9 Å². The zero-order valence-electron chi connectivity index (χ0n) is 10.2. The minimum Gasteiger partial charge on any atom is -0.328 e. The van der Waals surface area contributed by atoms with Gasteiger partial charge in [-0.2, -0.15) is 13.2 Å². The molecule has 0 bridgehead atoms. The van der Waals surface area contributed by atoms with Gasteiger partial charge in [0, 0.05) is 12.5 Å². The Morgan fingerprint density at radius 1 is 0.938 bits per heavy atom. The lowest BCUT2D eigenvalue weighted by Crippen LogP contribution is -2.20. The Hall–Kier alpha value is -0.250. The molecule has 0 rings (SSSR count). The standard InChI is InChI=1S/C12H24F3N/c1-2-3-4-5-6-8-11(16)9-7-10-12(13,14)15/h11H,2-10,16H2,1H3. The van der Waals surface area contributed by atoms with E-state index >= 15 is 0 Å². The van der Waals surface area contributed by atoms with Crippen LogP contribution in [0.3, 0.4) is 0 Å². The van der Waals surface area contributed by atoms with Gasteiger partial charge in [-0.1, -0.05) is 39.0 Å². The van der Waals surface area contributed by atoms with Crippen molar-refractivity contribution in [3.8, 4) is 0 Å². The molecule has 1 unspecified atom stereocenters. The Morgan fingerprint density at radius 3 is 2.06 bits per heavy atom. The second-order valence-corrected chi connectivity index (χ2v) is 4.47. The molecular formula is C12H24F3N. The number of alkyl halides is 3. The van der Waals surface area contributed by atoms with Crippen molar-refractivity contribution < 1.29 is 13.2 Å². The SMILES string of the molecule is CCCCCCCC(N)CCCC(F)(F)F. The number of halogens is 3. The fourth-order valence-electron chi connectivity index (χ4n) is 1.72. The molecular weight excluding hydrogens is 215 g/mol. The Bertz CT molecular complexity index is 157. The second kappa shape index (κ2) is 8.85. The fraction of sp³-hybridized carbons (Fsp3) is 1.00. The molecule has 98 valence electrons. The van der Waals surface area contributed by atoms with Gasteiger partial charge in [0.2, 0.25) is 0 Å². The van der Waals surface area contributed by atoms with Crippen molar-refractivity contribution in [3.63, 3.8) is 0 Å². The van der Waals surface area contributed by atoms with E-state index in [-0.39, 0.29) is 12.5 Å². The summed E-state index contributed by atoms with van der Waals surface area (Å²) in [5, 5.41) is 0. The molecule has 0 heterocycles. The van der Waals surface area contributed by atoms with Gasteiger partial charge in [0.05, 0.1) is 0 Å². The molecule has 0 aromatic heterocycles. The third kappa shape index (κ3) is 11.8. The van der Waals surface area contributed by atoms with Gasteiger partial charge in [0.1, 0.15) is 0 Å². The normalized spacial score (nSPS) is 14.1. The molecule has 16 heavy (non-hydrogen) atoms. The summed E-state index contributed by atoms with van der Waals surface area (Å²) >= 11 is 0. The van der Waals surface area contributed by atoms with E-state index in [2.05, 4.69) is 6.92 Å². The summed E-state index contributed by atoms with van der Waals surface area (Å²) in [6, 6.07) is -0.0519. The Balaban J connectivity index is 3.28. The monoisotopic (exact) mass is 239 g/mol. The minimum atomic E-state index is -4.03. The van der Waals surface area contributed by atoms with E-state index in [0.717, 1.165) is 19.3 Å². The summed E-state index contributed by atoms with van der Waals surface area (Å²) in [4.78, 5) is 0. The summed E-state index contributed by atoms with van der Waals surface area (Å²) in [7, 11) is 0. The van der Waals surface area contributed by atoms with Crippen LogP contribution in [0, 0.1) is 0 Å². The summed E-state index contributed by atoms with van der Waals surface area (Å²) in [5.41, 5.74) is 5.75. The molecule has 4 heteroatoms. The molecule has 0 fully saturated rings. The molecule has 0 aromatic rings. The number of hydrogen-bond donors (Lipinski definition) is 1. The van der Waals surface area contributed by atoms with Crippen LogP contribution >= 0.6 is 0 Å². The highest BCUT2D eigenvalue weighted by molar-refractivity contribution is 4.63. The van der Waals surface area contributed by atoms with Crippen molar-refractivity contribution in [2.24, 2.45) is 5.73 Å². The molecule has 0 aliphatic rings. The topological polar surface area (TPSA) is 26.0 Å². The highest BCUT2D eigenvalue weighted by Crippen LogP contribution is 2.23. The van der Waals surface area contributed by atoms with Gasteiger partial charge in [0.15, 0.2) is 0 Å². The Labute approximate surface area is 96.6 Å². The van der Waals surface area contributed by atoms with Gasteiger partial charge in [-0.15, -0.1) is 0 Å². The lowest BCUT2D eigenvalue weighted by molar-refractivity contribution is -0.135. The third-order valence-electron chi connectivity index (χ3n) is 2.71. The maximum atomic E-state index is 11.9. The van der Waals surface area contributed by atoms with E-state index in [9.17, 15) is 13.2 Å². The fourth-order valence-corrected chi connectivity index (χ4v) is 1.72. The average molecular weight is 239 g/mol. The van der Waals surface area contributed by atoms with Crippen molar-refractivity contribution >= 4 is 0 Å². The van der Waals surface area contributed by atoms with Gasteiger partial charge in [-0.05, 0) is 19.3 Å². The molecule has 0 saturated heterocycles. The van der Waals surface area contributed by atoms with Crippen molar-refractivity contribution in [1.29, 1.82) is 0 Å². The summed E-state index contributed by atoms with van der Waals surface area (Å²) in [6.07, 6.45) is 2.66. The van der Waals surface area contributed by atoms with Crippen LogP contribution in [0.15, 0.2) is 0 Å². The van der Waals surface area contributed by atoms with E-state index in [1.54, 1.807) is 0 Å². The summed E-state index contributed by atoms with van der Waals surface area (Å²) < 4.78 is 35.6. The first kappa shape index (κ1) is 15.8. The highest BCUT2D eigenvalue weighted by Gasteiger charge is 2.26. The van der Waals surface area contributed by atoms with Crippen LogP contribution in [0.2, 0.25) is 0 Å². The van der Waals surface area contributed by atoms with Crippen molar-refractivity contribution in [1.82, 2.24) is 0 Å². The minimum absolute atomic E-state index is 0.0519. The van der Waals surface area contributed by atoms with Gasteiger partial charge in [0.25, 0.3) is 0 Å². The largest absolute Gasteiger partial charge is 0.389 e. The lowest BCUT2D eigenvalue weighted by Gasteiger charge is -2.12. The second-order valence-electron chi connectivity index (χ2n) is 4.47. The Kier molecular flexibility index (Phi) is 8.71. The Morgan fingerprint density at radius 2 is 1.50 bits per heavy atom. The zero-order valence-corrected chi connectivity index (χ0v) is 10.2. The smallest absolute Gasteiger partial charge is 0.328 e. The maximum absolute atomic E-state index is 11.9. The molecule has 0 radical (unpaired) electrons. The quantitative estimate of drug-likeness (QED) is 0.593. The van der Waals surface area contributed by atoms with Crippen molar-refractivity contribution in [2.75, 3.05) is 0 Å². The molecule has 2 N–H and O–H groups in total. The molecule has 1 atom stereocenters. The number of rotatable bonds is 9. The van der Waals surface area contributed by atoms with Gasteiger partial charge in [-0.25, -0.2) is 0 Å². The molecule has 0 saturated carbocycles. The molecule has 0 aliphatic carbocycles. The number of nitrogens with two attached hydrogens (primary N) is 1. The zero-order chi connectivity index (χ0) is 12.4. The third-order valence-corrected chi connectivity index (χ3v) is 2.71. The first-order chi connectivity index (χ1) is 7.45. The molecule has 0 spiro atoms. The molecule has 0 aliphatic heterocycles. The van der Waals surface area contributed by atoms with E-state index in [4.69, 9.17) is 5.73 Å². The maximum Gasteiger partial charge on any atom is 0.389 e. The van der Waals surface area contributed by atoms with Crippen LogP contribution in [-0.4, -0.2) is 12.2 Å². The number of hydrogen-bond acceptors (Lipinski definition) is 1. The van der Waals surface area contributed by atoms with Crippen LogP contribution in [0.5, 0.6) is 0 Å². The predicted octanol–water partition coefficient (Wildman–Crippen LogP) is 4.41.